The zero-order chi connectivity index (χ0) is 19.6. The first kappa shape index (κ1) is 20.4. The van der Waals surface area contributed by atoms with Gasteiger partial charge in [-0.3, -0.25) is 14.9 Å². The second-order valence-electron chi connectivity index (χ2n) is 5.50. The molecule has 0 bridgehead atoms. The van der Waals surface area contributed by atoms with Crippen molar-refractivity contribution in [3.63, 3.8) is 0 Å². The third-order valence-electron chi connectivity index (χ3n) is 3.38. The SMILES string of the molecule is COCCOC(=O)Nc1cccc(NC(=O)C(C)NC(=O)c2cccs2)c1. The number of benzene rings is 1. The molecule has 0 spiro atoms. The lowest BCUT2D eigenvalue weighted by molar-refractivity contribution is -0.117. The molecule has 0 fully saturated rings. The van der Waals surface area contributed by atoms with E-state index in [1.165, 1.54) is 18.4 Å². The van der Waals surface area contributed by atoms with Crippen molar-refractivity contribution in [1.29, 1.82) is 0 Å². The van der Waals surface area contributed by atoms with Gasteiger partial charge in [-0.05, 0) is 36.6 Å². The Hall–Kier alpha value is -2.91. The number of hydrogen-bond acceptors (Lipinski definition) is 6. The fraction of sp³-hybridized carbons (Fsp3) is 0.278. The van der Waals surface area contributed by atoms with Gasteiger partial charge in [0.1, 0.15) is 12.6 Å². The van der Waals surface area contributed by atoms with Crippen LogP contribution in [-0.2, 0) is 14.3 Å². The van der Waals surface area contributed by atoms with Gasteiger partial charge in [0.25, 0.3) is 5.91 Å². The van der Waals surface area contributed by atoms with Gasteiger partial charge >= 0.3 is 6.09 Å². The van der Waals surface area contributed by atoms with E-state index in [2.05, 4.69) is 16.0 Å². The number of thiophene rings is 1. The molecule has 1 aromatic heterocycles. The summed E-state index contributed by atoms with van der Waals surface area (Å²) in [6.45, 7) is 2.04. The van der Waals surface area contributed by atoms with E-state index in [0.29, 0.717) is 22.9 Å². The standard InChI is InChI=1S/C18H21N3O5S/c1-12(19-17(23)15-7-4-10-27-15)16(22)20-13-5-3-6-14(11-13)21-18(24)26-9-8-25-2/h3-7,10-12H,8-9H2,1-2H3,(H,19,23)(H,20,22)(H,21,24). The van der Waals surface area contributed by atoms with Gasteiger partial charge in [-0.1, -0.05) is 12.1 Å². The zero-order valence-corrected chi connectivity index (χ0v) is 15.8. The van der Waals surface area contributed by atoms with Gasteiger partial charge in [0.15, 0.2) is 0 Å². The monoisotopic (exact) mass is 391 g/mol. The van der Waals surface area contributed by atoms with Crippen LogP contribution in [0.5, 0.6) is 0 Å². The third-order valence-corrected chi connectivity index (χ3v) is 4.25. The summed E-state index contributed by atoms with van der Waals surface area (Å²) in [6, 6.07) is 9.32. The molecule has 1 heterocycles. The molecule has 3 N–H and O–H groups in total. The quantitative estimate of drug-likeness (QED) is 0.600. The summed E-state index contributed by atoms with van der Waals surface area (Å²) in [4.78, 5) is 36.5. The van der Waals surface area contributed by atoms with Gasteiger partial charge < -0.3 is 20.1 Å². The van der Waals surface area contributed by atoms with Crippen LogP contribution < -0.4 is 16.0 Å². The highest BCUT2D eigenvalue weighted by atomic mass is 32.1. The van der Waals surface area contributed by atoms with Crippen molar-refractivity contribution in [2.45, 2.75) is 13.0 Å². The maximum atomic E-state index is 12.3. The highest BCUT2D eigenvalue weighted by Gasteiger charge is 2.17. The highest BCUT2D eigenvalue weighted by Crippen LogP contribution is 2.16. The first-order valence-electron chi connectivity index (χ1n) is 8.17. The van der Waals surface area contributed by atoms with E-state index in [1.54, 1.807) is 48.7 Å². The first-order chi connectivity index (χ1) is 13.0. The van der Waals surface area contributed by atoms with Crippen LogP contribution in [0.25, 0.3) is 0 Å². The number of hydrogen-bond donors (Lipinski definition) is 3. The van der Waals surface area contributed by atoms with Gasteiger partial charge in [-0.15, -0.1) is 11.3 Å². The summed E-state index contributed by atoms with van der Waals surface area (Å²) in [5, 5.41) is 9.68. The Labute approximate surface area is 160 Å². The minimum absolute atomic E-state index is 0.139. The second-order valence-corrected chi connectivity index (χ2v) is 6.44. The van der Waals surface area contributed by atoms with Crippen molar-refractivity contribution >= 4 is 40.6 Å². The minimum atomic E-state index is -0.727. The van der Waals surface area contributed by atoms with Crippen LogP contribution in [-0.4, -0.2) is 44.3 Å². The van der Waals surface area contributed by atoms with Gasteiger partial charge in [0, 0.05) is 18.5 Å². The number of ether oxygens (including phenoxy) is 2. The Morgan fingerprint density at radius 1 is 1.07 bits per heavy atom. The van der Waals surface area contributed by atoms with Gasteiger partial charge in [0.2, 0.25) is 5.91 Å². The summed E-state index contributed by atoms with van der Waals surface area (Å²) < 4.78 is 9.71. The molecular weight excluding hydrogens is 370 g/mol. The van der Waals surface area contributed by atoms with E-state index < -0.39 is 12.1 Å². The second kappa shape index (κ2) is 10.3. The molecule has 9 heteroatoms. The molecule has 27 heavy (non-hydrogen) atoms. The molecule has 0 saturated carbocycles. The number of methoxy groups -OCH3 is 1. The summed E-state index contributed by atoms with van der Waals surface area (Å²) in [5.41, 5.74) is 0.942. The molecule has 8 nitrogen and oxygen atoms in total. The predicted molar refractivity (Wildman–Crippen MR) is 103 cm³/mol. The van der Waals surface area contributed by atoms with E-state index in [-0.39, 0.29) is 18.4 Å². The lowest BCUT2D eigenvalue weighted by atomic mass is 10.2. The molecule has 1 atom stereocenters. The van der Waals surface area contributed by atoms with E-state index >= 15 is 0 Å². The normalized spacial score (nSPS) is 11.3. The Balaban J connectivity index is 1.87. The number of amides is 3. The van der Waals surface area contributed by atoms with Crippen LogP contribution in [0.1, 0.15) is 16.6 Å². The number of nitrogens with one attached hydrogen (secondary N) is 3. The van der Waals surface area contributed by atoms with Crippen molar-refractivity contribution in [3.05, 3.63) is 46.7 Å². The molecular formula is C18H21N3O5S. The number of carbonyl (C=O) groups excluding carboxylic acids is 3. The molecule has 0 radical (unpaired) electrons. The van der Waals surface area contributed by atoms with Gasteiger partial charge in [0.05, 0.1) is 11.5 Å². The zero-order valence-electron chi connectivity index (χ0n) is 15.0. The molecule has 0 aliphatic carbocycles. The van der Waals surface area contributed by atoms with Crippen molar-refractivity contribution in [1.82, 2.24) is 5.32 Å². The topological polar surface area (TPSA) is 106 Å². The number of carbonyl (C=O) groups is 3. The first-order valence-corrected chi connectivity index (χ1v) is 9.05. The highest BCUT2D eigenvalue weighted by molar-refractivity contribution is 7.12. The van der Waals surface area contributed by atoms with Gasteiger partial charge in [-0.25, -0.2) is 4.79 Å². The number of anilines is 2. The molecule has 144 valence electrons. The predicted octanol–water partition coefficient (Wildman–Crippen LogP) is 2.70. The smallest absolute Gasteiger partial charge is 0.411 e. The fourth-order valence-corrected chi connectivity index (χ4v) is 2.66. The molecule has 2 aromatic rings. The Morgan fingerprint density at radius 3 is 2.48 bits per heavy atom. The van der Waals surface area contributed by atoms with E-state index in [4.69, 9.17) is 9.47 Å². The summed E-state index contributed by atoms with van der Waals surface area (Å²) in [6.07, 6.45) is -0.618. The number of rotatable bonds is 8. The van der Waals surface area contributed by atoms with Crippen molar-refractivity contribution in [2.75, 3.05) is 31.0 Å². The average molecular weight is 391 g/mol. The summed E-state index contributed by atoms with van der Waals surface area (Å²) >= 11 is 1.30. The van der Waals surface area contributed by atoms with Crippen LogP contribution in [0.2, 0.25) is 0 Å². The molecule has 0 aliphatic heterocycles. The Kier molecular flexibility index (Phi) is 7.78. The molecule has 0 aliphatic rings. The lowest BCUT2D eigenvalue weighted by Gasteiger charge is -2.14. The Morgan fingerprint density at radius 2 is 1.81 bits per heavy atom. The van der Waals surface area contributed by atoms with Crippen molar-refractivity contribution in [3.8, 4) is 0 Å². The van der Waals surface area contributed by atoms with Crippen LogP contribution in [0.15, 0.2) is 41.8 Å². The van der Waals surface area contributed by atoms with Crippen molar-refractivity contribution < 1.29 is 23.9 Å². The summed E-state index contributed by atoms with van der Waals surface area (Å²) in [5.74, 6) is -0.679. The maximum Gasteiger partial charge on any atom is 0.411 e. The molecule has 1 unspecified atom stereocenters. The van der Waals surface area contributed by atoms with Crippen molar-refractivity contribution in [2.24, 2.45) is 0 Å². The van der Waals surface area contributed by atoms with E-state index in [0.717, 1.165) is 0 Å². The lowest BCUT2D eigenvalue weighted by Crippen LogP contribution is -2.41. The maximum absolute atomic E-state index is 12.3. The third kappa shape index (κ3) is 6.72. The van der Waals surface area contributed by atoms with Crippen LogP contribution >= 0.6 is 11.3 Å². The fourth-order valence-electron chi connectivity index (χ4n) is 2.04. The van der Waals surface area contributed by atoms with E-state index in [9.17, 15) is 14.4 Å². The largest absolute Gasteiger partial charge is 0.447 e. The van der Waals surface area contributed by atoms with Gasteiger partial charge in [-0.2, -0.15) is 0 Å². The summed E-state index contributed by atoms with van der Waals surface area (Å²) in [7, 11) is 1.51. The molecule has 0 saturated heterocycles. The van der Waals surface area contributed by atoms with Crippen LogP contribution in [0.4, 0.5) is 16.2 Å². The molecule has 3 amide bonds. The van der Waals surface area contributed by atoms with Crippen LogP contribution in [0, 0.1) is 0 Å². The van der Waals surface area contributed by atoms with E-state index in [1.807, 2.05) is 0 Å². The molecule has 2 rings (SSSR count). The van der Waals surface area contributed by atoms with Crippen LogP contribution in [0.3, 0.4) is 0 Å². The molecule has 1 aromatic carbocycles. The average Bonchev–Trinajstić information content (AvgIpc) is 3.17. The Bertz CT molecular complexity index is 779. The minimum Gasteiger partial charge on any atom is -0.447 e.